The quantitative estimate of drug-likeness (QED) is 0.885. The molecule has 2 unspecified atom stereocenters. The predicted molar refractivity (Wildman–Crippen MR) is 82.0 cm³/mol. The second-order valence-corrected chi connectivity index (χ2v) is 5.17. The van der Waals surface area contributed by atoms with Crippen molar-refractivity contribution in [2.75, 3.05) is 5.32 Å². The van der Waals surface area contributed by atoms with Gasteiger partial charge in [0, 0.05) is 12.1 Å². The van der Waals surface area contributed by atoms with E-state index >= 15 is 0 Å². The monoisotopic (exact) mass is 298 g/mol. The fourth-order valence-corrected chi connectivity index (χ4v) is 2.05. The summed E-state index contributed by atoms with van der Waals surface area (Å²) in [6.45, 7) is 5.52. The van der Waals surface area contributed by atoms with Gasteiger partial charge in [-0.15, -0.1) is 0 Å². The molecule has 0 spiro atoms. The highest BCUT2D eigenvalue weighted by Crippen LogP contribution is 2.14. The first kappa shape index (κ1) is 15.7. The number of carbonyl (C=O) groups is 1. The van der Waals surface area contributed by atoms with Gasteiger partial charge in [-0.05, 0) is 38.5 Å². The molecule has 2 aromatic rings. The van der Waals surface area contributed by atoms with Crippen molar-refractivity contribution in [2.24, 2.45) is 0 Å². The molecule has 0 saturated carbocycles. The topological polar surface area (TPSA) is 91.0 Å². The molecule has 1 aromatic carbocycles. The van der Waals surface area contributed by atoms with Gasteiger partial charge < -0.3 is 4.52 Å². The Morgan fingerprint density at radius 1 is 1.32 bits per heavy atom. The number of benzene rings is 1. The molecule has 114 valence electrons. The summed E-state index contributed by atoms with van der Waals surface area (Å²) in [5.74, 6) is 0.138. The van der Waals surface area contributed by atoms with Gasteiger partial charge in [0.05, 0.1) is 23.4 Å². The fourth-order valence-electron chi connectivity index (χ4n) is 2.05. The molecule has 6 nitrogen and oxygen atoms in total. The molecule has 0 radical (unpaired) electrons. The van der Waals surface area contributed by atoms with Gasteiger partial charge in [0.15, 0.2) is 0 Å². The predicted octanol–water partition coefficient (Wildman–Crippen LogP) is 2.53. The molecule has 1 heterocycles. The molecule has 0 saturated heterocycles. The lowest BCUT2D eigenvalue weighted by atomic mass is 10.1. The van der Waals surface area contributed by atoms with Gasteiger partial charge in [-0.1, -0.05) is 17.3 Å². The number of aryl methyl sites for hydroxylation is 1. The number of nitriles is 1. The minimum absolute atomic E-state index is 0.0232. The van der Waals surface area contributed by atoms with Crippen molar-refractivity contribution in [3.8, 4) is 6.07 Å². The standard InChI is InChI=1S/C16H18N4O2/c1-10-8-15(22-20-10)19-16(21)12(3)18-11(2)14-6-4-13(9-17)5-7-14/h4-8,11-12,18H,1-3H3,(H,19,21). The lowest BCUT2D eigenvalue weighted by Crippen LogP contribution is -2.39. The van der Waals surface area contributed by atoms with Gasteiger partial charge in [0.1, 0.15) is 0 Å². The van der Waals surface area contributed by atoms with Crippen LogP contribution in [0.3, 0.4) is 0 Å². The maximum Gasteiger partial charge on any atom is 0.243 e. The van der Waals surface area contributed by atoms with Gasteiger partial charge in [-0.2, -0.15) is 5.26 Å². The van der Waals surface area contributed by atoms with Gasteiger partial charge in [-0.25, -0.2) is 0 Å². The number of hydrogen-bond acceptors (Lipinski definition) is 5. The Kier molecular flexibility index (Phi) is 4.92. The maximum absolute atomic E-state index is 12.1. The van der Waals surface area contributed by atoms with E-state index in [1.807, 2.05) is 19.1 Å². The highest BCUT2D eigenvalue weighted by molar-refractivity contribution is 5.93. The van der Waals surface area contributed by atoms with Crippen LogP contribution in [0.15, 0.2) is 34.9 Å². The van der Waals surface area contributed by atoms with Crippen LogP contribution in [0.1, 0.15) is 36.7 Å². The van der Waals surface area contributed by atoms with Gasteiger partial charge >= 0.3 is 0 Å². The second kappa shape index (κ2) is 6.87. The van der Waals surface area contributed by atoms with Crippen LogP contribution in [-0.4, -0.2) is 17.1 Å². The van der Waals surface area contributed by atoms with Crippen LogP contribution in [0.25, 0.3) is 0 Å². The summed E-state index contributed by atoms with van der Waals surface area (Å²) >= 11 is 0. The maximum atomic E-state index is 12.1. The van der Waals surface area contributed by atoms with Crippen LogP contribution < -0.4 is 10.6 Å². The molecule has 0 aliphatic rings. The molecule has 22 heavy (non-hydrogen) atoms. The normalized spacial score (nSPS) is 13.2. The van der Waals surface area contributed by atoms with Crippen molar-refractivity contribution in [2.45, 2.75) is 32.9 Å². The summed E-state index contributed by atoms with van der Waals surface area (Å²) < 4.78 is 4.96. The highest BCUT2D eigenvalue weighted by atomic mass is 16.5. The van der Waals surface area contributed by atoms with Crippen molar-refractivity contribution >= 4 is 11.8 Å². The number of aromatic nitrogens is 1. The number of rotatable bonds is 5. The van der Waals surface area contributed by atoms with Crippen molar-refractivity contribution in [3.05, 3.63) is 47.2 Å². The van der Waals surface area contributed by atoms with Crippen molar-refractivity contribution in [3.63, 3.8) is 0 Å². The van der Waals surface area contributed by atoms with E-state index in [0.29, 0.717) is 17.1 Å². The molecule has 2 rings (SSSR count). The number of anilines is 1. The van der Waals surface area contributed by atoms with E-state index in [4.69, 9.17) is 9.78 Å². The SMILES string of the molecule is Cc1cc(NC(=O)C(C)NC(C)c2ccc(C#N)cc2)on1. The Morgan fingerprint density at radius 2 is 2.00 bits per heavy atom. The van der Waals surface area contributed by atoms with E-state index in [1.54, 1.807) is 32.0 Å². The lowest BCUT2D eigenvalue weighted by molar-refractivity contribution is -0.118. The van der Waals surface area contributed by atoms with Gasteiger partial charge in [0.25, 0.3) is 0 Å². The smallest absolute Gasteiger partial charge is 0.243 e. The first-order chi connectivity index (χ1) is 10.5. The summed E-state index contributed by atoms with van der Waals surface area (Å²) in [4.78, 5) is 12.1. The minimum Gasteiger partial charge on any atom is -0.338 e. The van der Waals surface area contributed by atoms with Crippen LogP contribution in [-0.2, 0) is 4.79 Å². The van der Waals surface area contributed by atoms with Gasteiger partial charge in [-0.3, -0.25) is 15.4 Å². The zero-order chi connectivity index (χ0) is 16.1. The Balaban J connectivity index is 1.93. The van der Waals surface area contributed by atoms with E-state index in [9.17, 15) is 4.79 Å². The van der Waals surface area contributed by atoms with Crippen LogP contribution in [0.5, 0.6) is 0 Å². The van der Waals surface area contributed by atoms with Gasteiger partial charge in [0.2, 0.25) is 11.8 Å². The van der Waals surface area contributed by atoms with Crippen molar-refractivity contribution in [1.29, 1.82) is 5.26 Å². The van der Waals surface area contributed by atoms with Crippen LogP contribution in [0.2, 0.25) is 0 Å². The third-order valence-electron chi connectivity index (χ3n) is 3.31. The molecule has 1 amide bonds. The summed E-state index contributed by atoms with van der Waals surface area (Å²) in [5.41, 5.74) is 2.33. The molecule has 0 aliphatic carbocycles. The second-order valence-electron chi connectivity index (χ2n) is 5.17. The Hall–Kier alpha value is -2.65. The average molecular weight is 298 g/mol. The summed E-state index contributed by atoms with van der Waals surface area (Å²) in [7, 11) is 0. The highest BCUT2D eigenvalue weighted by Gasteiger charge is 2.17. The van der Waals surface area contributed by atoms with E-state index in [1.165, 1.54) is 0 Å². The molecule has 2 N–H and O–H groups in total. The summed E-state index contributed by atoms with van der Waals surface area (Å²) in [6.07, 6.45) is 0. The van der Waals surface area contributed by atoms with Crippen molar-refractivity contribution < 1.29 is 9.32 Å². The minimum atomic E-state index is -0.406. The molecule has 0 fully saturated rings. The molecule has 0 aliphatic heterocycles. The molecule has 2 atom stereocenters. The molecule has 1 aromatic heterocycles. The van der Waals surface area contributed by atoms with Crippen molar-refractivity contribution in [1.82, 2.24) is 10.5 Å². The van der Waals surface area contributed by atoms with E-state index in [0.717, 1.165) is 5.56 Å². The summed E-state index contributed by atoms with van der Waals surface area (Å²) in [6, 6.07) is 10.6. The van der Waals surface area contributed by atoms with E-state index in [2.05, 4.69) is 21.9 Å². The molecular weight excluding hydrogens is 280 g/mol. The van der Waals surface area contributed by atoms with Crippen LogP contribution in [0, 0.1) is 18.3 Å². The first-order valence-corrected chi connectivity index (χ1v) is 7.00. The Labute approximate surface area is 129 Å². The molecular formula is C16H18N4O2. The van der Waals surface area contributed by atoms with E-state index in [-0.39, 0.29) is 11.9 Å². The van der Waals surface area contributed by atoms with Crippen LogP contribution in [0.4, 0.5) is 5.88 Å². The Morgan fingerprint density at radius 3 is 2.55 bits per heavy atom. The first-order valence-electron chi connectivity index (χ1n) is 7.00. The number of nitrogens with one attached hydrogen (secondary N) is 2. The number of hydrogen-bond donors (Lipinski definition) is 2. The van der Waals surface area contributed by atoms with E-state index < -0.39 is 6.04 Å². The average Bonchev–Trinajstić information content (AvgIpc) is 2.92. The molecule has 0 bridgehead atoms. The fraction of sp³-hybridized carbons (Fsp3) is 0.312. The number of nitrogens with zero attached hydrogens (tertiary/aromatic N) is 2. The number of amides is 1. The summed E-state index contributed by atoms with van der Waals surface area (Å²) in [5, 5.41) is 18.4. The number of carbonyl (C=O) groups excluding carboxylic acids is 1. The third kappa shape index (κ3) is 3.93. The third-order valence-corrected chi connectivity index (χ3v) is 3.31. The zero-order valence-electron chi connectivity index (χ0n) is 12.8. The van der Waals surface area contributed by atoms with Crippen LogP contribution >= 0.6 is 0 Å². The lowest BCUT2D eigenvalue weighted by Gasteiger charge is -2.19. The molecule has 6 heteroatoms. The Bertz CT molecular complexity index is 685. The zero-order valence-corrected chi connectivity index (χ0v) is 12.8. The largest absolute Gasteiger partial charge is 0.338 e.